The number of carbonyl (C=O) groups excluding carboxylic acids is 1. The molecule has 1 aromatic carbocycles. The molecular formula is C14H15ClN2O3. The number of aliphatic hydroxyl groups excluding tert-OH is 1. The van der Waals surface area contributed by atoms with Crippen molar-refractivity contribution in [2.24, 2.45) is 5.92 Å². The number of hydrogen-bond donors (Lipinski definition) is 2. The van der Waals surface area contributed by atoms with E-state index < -0.39 is 0 Å². The number of aromatic nitrogens is 1. The van der Waals surface area contributed by atoms with E-state index >= 15 is 0 Å². The minimum atomic E-state index is -0.355. The van der Waals surface area contributed by atoms with Crippen molar-refractivity contribution in [3.05, 3.63) is 41.1 Å². The van der Waals surface area contributed by atoms with Gasteiger partial charge in [-0.05, 0) is 18.1 Å². The lowest BCUT2D eigenvalue weighted by Crippen LogP contribution is -2.29. The van der Waals surface area contributed by atoms with E-state index in [4.69, 9.17) is 21.2 Å². The monoisotopic (exact) mass is 294 g/mol. The van der Waals surface area contributed by atoms with Crippen molar-refractivity contribution < 1.29 is 14.4 Å². The van der Waals surface area contributed by atoms with E-state index in [1.165, 1.54) is 0 Å². The lowest BCUT2D eigenvalue weighted by molar-refractivity contribution is 0.0905. The van der Waals surface area contributed by atoms with E-state index in [2.05, 4.69) is 10.5 Å². The van der Waals surface area contributed by atoms with Crippen LogP contribution >= 0.6 is 11.6 Å². The summed E-state index contributed by atoms with van der Waals surface area (Å²) in [6.45, 7) is 2.23. The number of amides is 1. The summed E-state index contributed by atoms with van der Waals surface area (Å²) in [5.41, 5.74) is 1.33. The topological polar surface area (TPSA) is 75.4 Å². The Hall–Kier alpha value is -1.85. The van der Waals surface area contributed by atoms with Gasteiger partial charge in [-0.25, -0.2) is 0 Å². The zero-order valence-electron chi connectivity index (χ0n) is 11.0. The summed E-state index contributed by atoms with van der Waals surface area (Å²) in [6.07, 6.45) is 0. The molecule has 1 unspecified atom stereocenters. The maximum Gasteiger partial charge on any atom is 0.289 e. The number of aliphatic hydroxyl groups is 1. The first-order valence-corrected chi connectivity index (χ1v) is 6.59. The Morgan fingerprint density at radius 2 is 2.30 bits per heavy atom. The van der Waals surface area contributed by atoms with Crippen LogP contribution in [0.3, 0.4) is 0 Å². The van der Waals surface area contributed by atoms with Gasteiger partial charge in [0.05, 0.1) is 0 Å². The molecule has 0 aliphatic rings. The fraction of sp³-hybridized carbons (Fsp3) is 0.286. The SMILES string of the molecule is CC(CO)CNC(=O)c1cc(-c2cccc(Cl)c2)no1. The first kappa shape index (κ1) is 14.6. The molecule has 1 heterocycles. The first-order chi connectivity index (χ1) is 9.60. The van der Waals surface area contributed by atoms with Crippen LogP contribution in [0, 0.1) is 5.92 Å². The maximum atomic E-state index is 11.8. The minimum absolute atomic E-state index is 0.00530. The number of nitrogens with one attached hydrogen (secondary N) is 1. The van der Waals surface area contributed by atoms with E-state index in [0.29, 0.717) is 17.3 Å². The standard InChI is InChI=1S/C14H15ClN2O3/c1-9(8-18)7-16-14(19)13-6-12(17-20-13)10-3-2-4-11(15)5-10/h2-6,9,18H,7-8H2,1H3,(H,16,19). The van der Waals surface area contributed by atoms with Gasteiger partial charge in [0.25, 0.3) is 5.91 Å². The molecule has 2 rings (SSSR count). The van der Waals surface area contributed by atoms with Crippen molar-refractivity contribution in [1.29, 1.82) is 0 Å². The van der Waals surface area contributed by atoms with Gasteiger partial charge in [-0.2, -0.15) is 0 Å². The molecule has 6 heteroatoms. The summed E-state index contributed by atoms with van der Waals surface area (Å²) in [7, 11) is 0. The van der Waals surface area contributed by atoms with E-state index in [9.17, 15) is 4.79 Å². The van der Waals surface area contributed by atoms with Crippen LogP contribution in [0.1, 0.15) is 17.5 Å². The van der Waals surface area contributed by atoms with Crippen LogP contribution < -0.4 is 5.32 Å². The summed E-state index contributed by atoms with van der Waals surface area (Å²) in [5, 5.41) is 16.0. The molecule has 20 heavy (non-hydrogen) atoms. The maximum absolute atomic E-state index is 11.8. The molecule has 1 aromatic heterocycles. The van der Waals surface area contributed by atoms with E-state index in [1.54, 1.807) is 24.3 Å². The van der Waals surface area contributed by atoms with Crippen LogP contribution in [0.4, 0.5) is 0 Å². The second kappa shape index (κ2) is 6.54. The predicted molar refractivity (Wildman–Crippen MR) is 75.5 cm³/mol. The van der Waals surface area contributed by atoms with Gasteiger partial charge >= 0.3 is 0 Å². The number of hydrogen-bond acceptors (Lipinski definition) is 4. The van der Waals surface area contributed by atoms with Crippen LogP contribution in [0.2, 0.25) is 5.02 Å². The number of nitrogens with zero attached hydrogens (tertiary/aromatic N) is 1. The summed E-state index contributed by atoms with van der Waals surface area (Å²) in [4.78, 5) is 11.8. The molecule has 2 N–H and O–H groups in total. The number of carbonyl (C=O) groups is 1. The molecule has 0 saturated carbocycles. The third kappa shape index (κ3) is 3.59. The van der Waals surface area contributed by atoms with Crippen LogP contribution in [-0.2, 0) is 0 Å². The highest BCUT2D eigenvalue weighted by Crippen LogP contribution is 2.22. The van der Waals surface area contributed by atoms with E-state index in [0.717, 1.165) is 5.56 Å². The fourth-order valence-electron chi connectivity index (χ4n) is 1.58. The zero-order valence-corrected chi connectivity index (χ0v) is 11.7. The molecule has 0 bridgehead atoms. The van der Waals surface area contributed by atoms with Crippen LogP contribution in [0.15, 0.2) is 34.9 Å². The molecule has 0 aliphatic carbocycles. The van der Waals surface area contributed by atoms with Crippen LogP contribution in [0.5, 0.6) is 0 Å². The molecule has 5 nitrogen and oxygen atoms in total. The van der Waals surface area contributed by atoms with Crippen LogP contribution in [-0.4, -0.2) is 29.3 Å². The van der Waals surface area contributed by atoms with E-state index in [-0.39, 0.29) is 24.2 Å². The van der Waals surface area contributed by atoms with Gasteiger partial charge in [0.2, 0.25) is 5.76 Å². The predicted octanol–water partition coefficient (Wildman–Crippen LogP) is 2.35. The Bertz CT molecular complexity index is 598. The normalized spacial score (nSPS) is 12.2. The minimum Gasteiger partial charge on any atom is -0.396 e. The molecular weight excluding hydrogens is 280 g/mol. The Morgan fingerprint density at radius 3 is 3.00 bits per heavy atom. The second-order valence-electron chi connectivity index (χ2n) is 4.58. The highest BCUT2D eigenvalue weighted by atomic mass is 35.5. The zero-order chi connectivity index (χ0) is 14.5. The number of rotatable bonds is 5. The summed E-state index contributed by atoms with van der Waals surface area (Å²) < 4.78 is 5.02. The fourth-order valence-corrected chi connectivity index (χ4v) is 1.77. The van der Waals surface area contributed by atoms with Crippen molar-refractivity contribution in [3.8, 4) is 11.3 Å². The Kier molecular flexibility index (Phi) is 4.76. The van der Waals surface area contributed by atoms with Gasteiger partial charge in [-0.1, -0.05) is 35.8 Å². The average Bonchev–Trinajstić information content (AvgIpc) is 2.94. The third-order valence-electron chi connectivity index (χ3n) is 2.78. The lowest BCUT2D eigenvalue weighted by Gasteiger charge is -2.07. The van der Waals surface area contributed by atoms with Crippen molar-refractivity contribution in [2.45, 2.75) is 6.92 Å². The lowest BCUT2D eigenvalue weighted by atomic mass is 10.1. The molecule has 0 aliphatic heterocycles. The molecule has 2 aromatic rings. The highest BCUT2D eigenvalue weighted by molar-refractivity contribution is 6.30. The van der Waals surface area contributed by atoms with Gasteiger partial charge in [0, 0.05) is 29.8 Å². The molecule has 106 valence electrons. The largest absolute Gasteiger partial charge is 0.396 e. The molecule has 1 amide bonds. The van der Waals surface area contributed by atoms with Crippen molar-refractivity contribution in [3.63, 3.8) is 0 Å². The van der Waals surface area contributed by atoms with Gasteiger partial charge in [-0.3, -0.25) is 4.79 Å². The summed E-state index contributed by atoms with van der Waals surface area (Å²) in [5.74, 6) is -0.231. The van der Waals surface area contributed by atoms with Crippen molar-refractivity contribution >= 4 is 17.5 Å². The Balaban J connectivity index is 2.07. The molecule has 0 radical (unpaired) electrons. The van der Waals surface area contributed by atoms with Gasteiger partial charge in [-0.15, -0.1) is 0 Å². The molecule has 0 fully saturated rings. The van der Waals surface area contributed by atoms with E-state index in [1.807, 2.05) is 13.0 Å². The quantitative estimate of drug-likeness (QED) is 0.887. The van der Waals surface area contributed by atoms with Crippen LogP contribution in [0.25, 0.3) is 11.3 Å². The second-order valence-corrected chi connectivity index (χ2v) is 5.02. The van der Waals surface area contributed by atoms with Gasteiger partial charge in [0.15, 0.2) is 0 Å². The first-order valence-electron chi connectivity index (χ1n) is 6.22. The summed E-state index contributed by atoms with van der Waals surface area (Å²) in [6, 6.07) is 8.70. The average molecular weight is 295 g/mol. The Morgan fingerprint density at radius 1 is 1.50 bits per heavy atom. The van der Waals surface area contributed by atoms with Gasteiger partial charge < -0.3 is 14.9 Å². The number of benzene rings is 1. The molecule has 0 saturated heterocycles. The van der Waals surface area contributed by atoms with Gasteiger partial charge in [0.1, 0.15) is 5.69 Å². The molecule has 0 spiro atoms. The van der Waals surface area contributed by atoms with Crippen molar-refractivity contribution in [2.75, 3.05) is 13.2 Å². The number of halogens is 1. The smallest absolute Gasteiger partial charge is 0.289 e. The van der Waals surface area contributed by atoms with Crippen molar-refractivity contribution in [1.82, 2.24) is 10.5 Å². The summed E-state index contributed by atoms with van der Waals surface area (Å²) >= 11 is 5.90. The molecule has 1 atom stereocenters. The third-order valence-corrected chi connectivity index (χ3v) is 3.01. The highest BCUT2D eigenvalue weighted by Gasteiger charge is 2.14. The Labute approximate surface area is 121 Å².